The van der Waals surface area contributed by atoms with Gasteiger partial charge in [-0.05, 0) is 18.2 Å². The molecular weight excluding hydrogens is 248 g/mol. The first-order chi connectivity index (χ1) is 8.45. The number of carbonyl (C=O) groups is 3. The zero-order valence-corrected chi connectivity index (χ0v) is 9.02. The topological polar surface area (TPSA) is 83.5 Å². The van der Waals surface area contributed by atoms with E-state index in [2.05, 4.69) is 0 Å². The molecule has 0 spiro atoms. The molecular formula is C11H9F2NO4. The minimum absolute atomic E-state index is 0.119. The number of benzene rings is 1. The molecule has 0 saturated carbocycles. The van der Waals surface area contributed by atoms with E-state index < -0.39 is 41.4 Å². The van der Waals surface area contributed by atoms with E-state index in [-0.39, 0.29) is 6.41 Å². The number of hydrogen-bond acceptors (Lipinski definition) is 3. The molecule has 1 unspecified atom stereocenters. The number of nitrogens with one attached hydrogen (secondary N) is 1. The van der Waals surface area contributed by atoms with Crippen molar-refractivity contribution >= 4 is 18.2 Å². The molecule has 0 heterocycles. The summed E-state index contributed by atoms with van der Waals surface area (Å²) in [6.45, 7) is 0. The summed E-state index contributed by atoms with van der Waals surface area (Å²) in [5, 5.41) is 10.6. The van der Waals surface area contributed by atoms with E-state index in [4.69, 9.17) is 5.11 Å². The summed E-state index contributed by atoms with van der Waals surface area (Å²) in [4.78, 5) is 32.4. The van der Waals surface area contributed by atoms with Gasteiger partial charge >= 0.3 is 5.97 Å². The average Bonchev–Trinajstić information content (AvgIpc) is 2.31. The highest BCUT2D eigenvalue weighted by Crippen LogP contribution is 2.13. The predicted molar refractivity (Wildman–Crippen MR) is 55.9 cm³/mol. The zero-order valence-electron chi connectivity index (χ0n) is 9.02. The van der Waals surface area contributed by atoms with Gasteiger partial charge in [-0.3, -0.25) is 9.59 Å². The SMILES string of the molecule is O=CNC(CC(=O)c1cc(F)ccc1F)C(=O)O. The molecule has 1 rings (SSSR count). The fourth-order valence-electron chi connectivity index (χ4n) is 1.31. The highest BCUT2D eigenvalue weighted by Gasteiger charge is 2.23. The van der Waals surface area contributed by atoms with Crippen LogP contribution in [0.3, 0.4) is 0 Å². The fourth-order valence-corrected chi connectivity index (χ4v) is 1.31. The molecule has 1 atom stereocenters. The first-order valence-electron chi connectivity index (χ1n) is 4.86. The Labute approximate surface area is 100 Å². The number of aliphatic carboxylic acids is 1. The van der Waals surface area contributed by atoms with E-state index in [9.17, 15) is 23.2 Å². The Morgan fingerprint density at radius 2 is 2.06 bits per heavy atom. The summed E-state index contributed by atoms with van der Waals surface area (Å²) >= 11 is 0. The van der Waals surface area contributed by atoms with Gasteiger partial charge in [0.15, 0.2) is 5.78 Å². The van der Waals surface area contributed by atoms with Crippen LogP contribution in [-0.4, -0.2) is 29.3 Å². The van der Waals surface area contributed by atoms with Gasteiger partial charge in [0.25, 0.3) is 0 Å². The third kappa shape index (κ3) is 3.34. The predicted octanol–water partition coefficient (Wildman–Crippen LogP) is 0.737. The number of halogens is 2. The molecule has 0 fully saturated rings. The number of carboxylic acid groups (broad SMARTS) is 1. The van der Waals surface area contributed by atoms with E-state index in [1.807, 2.05) is 5.32 Å². The summed E-state index contributed by atoms with van der Waals surface area (Å²) < 4.78 is 26.1. The standard InChI is InChI=1S/C11H9F2NO4/c12-6-1-2-8(13)7(3-6)10(16)4-9(11(17)18)14-5-15/h1-3,5,9H,4H2,(H,14,15)(H,17,18). The van der Waals surface area contributed by atoms with Crippen LogP contribution in [-0.2, 0) is 9.59 Å². The van der Waals surface area contributed by atoms with Crippen LogP contribution in [0.2, 0.25) is 0 Å². The molecule has 2 N–H and O–H groups in total. The van der Waals surface area contributed by atoms with Gasteiger partial charge in [0, 0.05) is 6.42 Å². The Kier molecular flexibility index (Phi) is 4.47. The molecule has 0 saturated heterocycles. The molecule has 1 aromatic rings. The molecule has 7 heteroatoms. The van der Waals surface area contributed by atoms with Crippen LogP contribution in [0.15, 0.2) is 18.2 Å². The molecule has 0 aliphatic rings. The zero-order chi connectivity index (χ0) is 13.7. The summed E-state index contributed by atoms with van der Waals surface area (Å²) in [7, 11) is 0. The lowest BCUT2D eigenvalue weighted by molar-refractivity contribution is -0.140. The molecule has 1 amide bonds. The number of Topliss-reactive ketones (excluding diaryl/α,β-unsaturated/α-hetero) is 1. The fraction of sp³-hybridized carbons (Fsp3) is 0.182. The van der Waals surface area contributed by atoms with Crippen LogP contribution in [0.4, 0.5) is 8.78 Å². The lowest BCUT2D eigenvalue weighted by Gasteiger charge is -2.10. The number of carbonyl (C=O) groups excluding carboxylic acids is 2. The van der Waals surface area contributed by atoms with Crippen molar-refractivity contribution < 1.29 is 28.3 Å². The van der Waals surface area contributed by atoms with Crippen molar-refractivity contribution in [3.63, 3.8) is 0 Å². The van der Waals surface area contributed by atoms with Crippen molar-refractivity contribution in [1.82, 2.24) is 5.32 Å². The first kappa shape index (κ1) is 13.8. The van der Waals surface area contributed by atoms with E-state index in [1.54, 1.807) is 0 Å². The number of carboxylic acids is 1. The van der Waals surface area contributed by atoms with Crippen molar-refractivity contribution in [2.75, 3.05) is 0 Å². The van der Waals surface area contributed by atoms with E-state index in [1.165, 1.54) is 0 Å². The Hall–Kier alpha value is -2.31. The molecule has 0 aromatic heterocycles. The highest BCUT2D eigenvalue weighted by atomic mass is 19.1. The maximum Gasteiger partial charge on any atom is 0.326 e. The maximum atomic E-state index is 13.2. The average molecular weight is 257 g/mol. The third-order valence-electron chi connectivity index (χ3n) is 2.19. The Balaban J connectivity index is 2.89. The van der Waals surface area contributed by atoms with Crippen LogP contribution in [0, 0.1) is 11.6 Å². The van der Waals surface area contributed by atoms with Gasteiger partial charge in [-0.1, -0.05) is 0 Å². The van der Waals surface area contributed by atoms with Crippen LogP contribution >= 0.6 is 0 Å². The minimum atomic E-state index is -1.47. The van der Waals surface area contributed by atoms with Gasteiger partial charge in [-0.2, -0.15) is 0 Å². The van der Waals surface area contributed by atoms with Crippen LogP contribution in [0.5, 0.6) is 0 Å². The number of hydrogen-bond donors (Lipinski definition) is 2. The number of rotatable bonds is 6. The van der Waals surface area contributed by atoms with Crippen LogP contribution in [0.1, 0.15) is 16.8 Å². The second kappa shape index (κ2) is 5.85. The Bertz CT molecular complexity index is 490. The van der Waals surface area contributed by atoms with Gasteiger partial charge < -0.3 is 10.4 Å². The normalized spacial score (nSPS) is 11.7. The maximum absolute atomic E-state index is 13.2. The van der Waals surface area contributed by atoms with Gasteiger partial charge in [0.2, 0.25) is 6.41 Å². The first-order valence-corrected chi connectivity index (χ1v) is 4.86. The van der Waals surface area contributed by atoms with Gasteiger partial charge in [0.05, 0.1) is 5.56 Å². The lowest BCUT2D eigenvalue weighted by atomic mass is 10.0. The highest BCUT2D eigenvalue weighted by molar-refractivity contribution is 5.99. The quantitative estimate of drug-likeness (QED) is 0.581. The molecule has 1 aromatic carbocycles. The minimum Gasteiger partial charge on any atom is -0.480 e. The summed E-state index contributed by atoms with van der Waals surface area (Å²) in [5.41, 5.74) is -0.547. The van der Waals surface area contributed by atoms with Gasteiger partial charge in [-0.25, -0.2) is 13.6 Å². The van der Waals surface area contributed by atoms with Crippen molar-refractivity contribution in [2.24, 2.45) is 0 Å². The van der Waals surface area contributed by atoms with Crippen molar-refractivity contribution in [3.8, 4) is 0 Å². The largest absolute Gasteiger partial charge is 0.480 e. The van der Waals surface area contributed by atoms with E-state index >= 15 is 0 Å². The molecule has 18 heavy (non-hydrogen) atoms. The van der Waals surface area contributed by atoms with E-state index in [0.717, 1.165) is 12.1 Å². The Morgan fingerprint density at radius 3 is 2.61 bits per heavy atom. The lowest BCUT2D eigenvalue weighted by Crippen LogP contribution is -2.37. The molecule has 0 aliphatic heterocycles. The van der Waals surface area contributed by atoms with Crippen molar-refractivity contribution in [3.05, 3.63) is 35.4 Å². The molecule has 0 bridgehead atoms. The van der Waals surface area contributed by atoms with Crippen LogP contribution in [0.25, 0.3) is 0 Å². The van der Waals surface area contributed by atoms with Gasteiger partial charge in [0.1, 0.15) is 17.7 Å². The van der Waals surface area contributed by atoms with Crippen molar-refractivity contribution in [1.29, 1.82) is 0 Å². The summed E-state index contributed by atoms with van der Waals surface area (Å²) in [6, 6.07) is 0.811. The second-order valence-corrected chi connectivity index (χ2v) is 3.43. The van der Waals surface area contributed by atoms with Crippen molar-refractivity contribution in [2.45, 2.75) is 12.5 Å². The smallest absolute Gasteiger partial charge is 0.326 e. The second-order valence-electron chi connectivity index (χ2n) is 3.43. The summed E-state index contributed by atoms with van der Waals surface area (Å²) in [6.07, 6.45) is -0.539. The van der Waals surface area contributed by atoms with Crippen LogP contribution < -0.4 is 5.32 Å². The van der Waals surface area contributed by atoms with Gasteiger partial charge in [-0.15, -0.1) is 0 Å². The molecule has 0 aliphatic carbocycles. The molecule has 0 radical (unpaired) electrons. The monoisotopic (exact) mass is 257 g/mol. The Morgan fingerprint density at radius 1 is 1.39 bits per heavy atom. The molecule has 5 nitrogen and oxygen atoms in total. The third-order valence-corrected chi connectivity index (χ3v) is 2.19. The number of ketones is 1. The van der Waals surface area contributed by atoms with E-state index in [0.29, 0.717) is 6.07 Å². The summed E-state index contributed by atoms with van der Waals surface area (Å²) in [5.74, 6) is -4.10. The molecule has 96 valence electrons. The number of amides is 1.